The van der Waals surface area contributed by atoms with Crippen LogP contribution in [-0.2, 0) is 12.1 Å². The van der Waals surface area contributed by atoms with Crippen LogP contribution in [0.15, 0.2) is 76.2 Å². The maximum atomic E-state index is 11.9. The standard InChI is InChI=1S/C29H35N2O2S/c32-29(25-10-7-11-25,24-8-3-1-4-9-24)28-30-18-26(33-28)20-31-16-14-22(15-17-31)23(19-31)21-34-27-12-5-2-6-13-27/h1-6,8-9,12-13,18,22-23,25,32H,7,10-11,14-17,19-21H2/q+1/t22?,23-,29?,31?/m0/s1. The lowest BCUT2D eigenvalue weighted by Crippen LogP contribution is -2.61. The molecule has 1 N–H and O–H groups in total. The summed E-state index contributed by atoms with van der Waals surface area (Å²) in [6, 6.07) is 20.8. The topological polar surface area (TPSA) is 46.3 Å². The maximum absolute atomic E-state index is 11.9. The molecule has 3 aromatic rings. The van der Waals surface area contributed by atoms with E-state index in [0.29, 0.717) is 5.89 Å². The summed E-state index contributed by atoms with van der Waals surface area (Å²) < 4.78 is 7.50. The molecule has 0 amide bonds. The van der Waals surface area contributed by atoms with Crippen molar-refractivity contribution in [3.63, 3.8) is 0 Å². The van der Waals surface area contributed by atoms with E-state index in [1.54, 1.807) is 0 Å². The average Bonchev–Trinajstić information content (AvgIpc) is 3.32. The Kier molecular flexibility index (Phi) is 6.04. The van der Waals surface area contributed by atoms with Crippen LogP contribution in [-0.4, -0.2) is 40.0 Å². The lowest BCUT2D eigenvalue weighted by molar-refractivity contribution is -0.959. The number of rotatable bonds is 8. The van der Waals surface area contributed by atoms with E-state index in [1.165, 1.54) is 43.1 Å². The molecule has 34 heavy (non-hydrogen) atoms. The minimum atomic E-state index is -1.12. The van der Waals surface area contributed by atoms with Gasteiger partial charge in [0.15, 0.2) is 11.4 Å². The second-order valence-corrected chi connectivity index (χ2v) is 11.8. The quantitative estimate of drug-likeness (QED) is 0.327. The molecule has 0 radical (unpaired) electrons. The third kappa shape index (κ3) is 4.12. The van der Waals surface area contributed by atoms with E-state index in [2.05, 4.69) is 35.3 Å². The minimum absolute atomic E-state index is 0.179. The van der Waals surface area contributed by atoms with Gasteiger partial charge in [-0.05, 0) is 36.5 Å². The van der Waals surface area contributed by atoms with Crippen LogP contribution in [0.3, 0.4) is 0 Å². The smallest absolute Gasteiger partial charge is 0.231 e. The van der Waals surface area contributed by atoms with Crippen LogP contribution in [0.25, 0.3) is 0 Å². The van der Waals surface area contributed by atoms with Crippen molar-refractivity contribution in [2.75, 3.05) is 25.4 Å². The largest absolute Gasteiger partial charge is 0.436 e. The molecular weight excluding hydrogens is 440 g/mol. The number of oxazole rings is 1. The first-order valence-electron chi connectivity index (χ1n) is 12.9. The number of fused-ring (bicyclic) bond motifs is 3. The molecule has 3 aliphatic heterocycles. The third-order valence-corrected chi connectivity index (χ3v) is 9.93. The molecule has 1 aromatic heterocycles. The first-order valence-corrected chi connectivity index (χ1v) is 13.9. The van der Waals surface area contributed by atoms with Crippen molar-refractivity contribution in [1.82, 2.24) is 4.98 Å². The zero-order valence-corrected chi connectivity index (χ0v) is 20.6. The number of hydrogen-bond donors (Lipinski definition) is 1. The number of aliphatic hydroxyl groups is 1. The highest BCUT2D eigenvalue weighted by Gasteiger charge is 2.49. The zero-order valence-electron chi connectivity index (χ0n) is 19.8. The van der Waals surface area contributed by atoms with E-state index >= 15 is 0 Å². The van der Waals surface area contributed by atoms with Crippen molar-refractivity contribution in [3.05, 3.63) is 84.1 Å². The highest BCUT2D eigenvalue weighted by molar-refractivity contribution is 7.99. The van der Waals surface area contributed by atoms with E-state index in [4.69, 9.17) is 4.42 Å². The Morgan fingerprint density at radius 3 is 2.35 bits per heavy atom. The molecule has 5 heteroatoms. The zero-order chi connectivity index (χ0) is 23.0. The summed E-state index contributed by atoms with van der Waals surface area (Å²) >= 11 is 2.01. The summed E-state index contributed by atoms with van der Waals surface area (Å²) in [5.74, 6) is 4.41. The van der Waals surface area contributed by atoms with Gasteiger partial charge in [0.2, 0.25) is 5.89 Å². The predicted molar refractivity (Wildman–Crippen MR) is 135 cm³/mol. The molecule has 1 saturated carbocycles. The average molecular weight is 476 g/mol. The number of hydrogen-bond acceptors (Lipinski definition) is 4. The summed E-state index contributed by atoms with van der Waals surface area (Å²) in [5.41, 5.74) is -0.224. The van der Waals surface area contributed by atoms with Gasteiger partial charge in [-0.2, -0.15) is 0 Å². The van der Waals surface area contributed by atoms with Crippen molar-refractivity contribution in [2.45, 2.75) is 49.1 Å². The van der Waals surface area contributed by atoms with Crippen LogP contribution in [0.5, 0.6) is 0 Å². The number of piperidine rings is 3. The molecule has 178 valence electrons. The fourth-order valence-electron chi connectivity index (χ4n) is 6.51. The van der Waals surface area contributed by atoms with Crippen molar-refractivity contribution in [1.29, 1.82) is 0 Å². The Morgan fingerprint density at radius 2 is 1.68 bits per heavy atom. The van der Waals surface area contributed by atoms with Gasteiger partial charge in [-0.25, -0.2) is 4.98 Å². The molecule has 3 saturated heterocycles. The van der Waals surface area contributed by atoms with Gasteiger partial charge in [0.05, 0.1) is 25.8 Å². The molecule has 2 aromatic carbocycles. The van der Waals surface area contributed by atoms with Gasteiger partial charge in [0, 0.05) is 35.3 Å². The van der Waals surface area contributed by atoms with Crippen LogP contribution in [0.2, 0.25) is 0 Å². The van der Waals surface area contributed by atoms with Gasteiger partial charge in [0.25, 0.3) is 0 Å². The van der Waals surface area contributed by atoms with Crippen molar-refractivity contribution in [2.24, 2.45) is 17.8 Å². The first-order chi connectivity index (χ1) is 16.6. The van der Waals surface area contributed by atoms with E-state index in [-0.39, 0.29) is 5.92 Å². The number of thioether (sulfide) groups is 1. The molecule has 1 aliphatic carbocycles. The second kappa shape index (κ2) is 9.18. The van der Waals surface area contributed by atoms with Gasteiger partial charge in [0.1, 0.15) is 6.54 Å². The molecule has 4 heterocycles. The lowest BCUT2D eigenvalue weighted by atomic mass is 9.69. The summed E-state index contributed by atoms with van der Waals surface area (Å²) in [5, 5.41) is 11.9. The molecule has 4 nitrogen and oxygen atoms in total. The van der Waals surface area contributed by atoms with Crippen LogP contribution in [0, 0.1) is 17.8 Å². The molecule has 7 rings (SSSR count). The number of benzene rings is 2. The fourth-order valence-corrected chi connectivity index (χ4v) is 7.64. The van der Waals surface area contributed by atoms with Crippen molar-refractivity contribution < 1.29 is 14.0 Å². The monoisotopic (exact) mass is 475 g/mol. The summed E-state index contributed by atoms with van der Waals surface area (Å²) in [6.45, 7) is 4.59. The third-order valence-electron chi connectivity index (χ3n) is 8.72. The Morgan fingerprint density at radius 1 is 0.971 bits per heavy atom. The van der Waals surface area contributed by atoms with Crippen LogP contribution < -0.4 is 0 Å². The highest BCUT2D eigenvalue weighted by atomic mass is 32.2. The minimum Gasteiger partial charge on any atom is -0.436 e. The van der Waals surface area contributed by atoms with Crippen molar-refractivity contribution >= 4 is 11.8 Å². The number of aromatic nitrogens is 1. The van der Waals surface area contributed by atoms with E-state index < -0.39 is 5.60 Å². The molecule has 2 atom stereocenters. The summed E-state index contributed by atoms with van der Waals surface area (Å²) in [7, 11) is 0. The van der Waals surface area contributed by atoms with Crippen LogP contribution >= 0.6 is 11.8 Å². The molecule has 2 bridgehead atoms. The van der Waals surface area contributed by atoms with E-state index in [0.717, 1.165) is 53.4 Å². The van der Waals surface area contributed by atoms with Crippen LogP contribution in [0.1, 0.15) is 49.3 Å². The Labute approximate surface area is 207 Å². The molecular formula is C29H35N2O2S+. The highest BCUT2D eigenvalue weighted by Crippen LogP contribution is 2.47. The molecule has 1 unspecified atom stereocenters. The van der Waals surface area contributed by atoms with Gasteiger partial charge in [-0.3, -0.25) is 0 Å². The van der Waals surface area contributed by atoms with Gasteiger partial charge >= 0.3 is 0 Å². The molecule has 4 fully saturated rings. The van der Waals surface area contributed by atoms with Gasteiger partial charge < -0.3 is 14.0 Å². The second-order valence-electron chi connectivity index (χ2n) is 10.7. The SMILES string of the molecule is OC(c1ccccc1)(c1ncc(C[N+]23CCC(CC2)[C@H](CSc2ccccc2)C3)o1)C1CCC1. The Balaban J connectivity index is 1.19. The van der Waals surface area contributed by atoms with Gasteiger partial charge in [-0.15, -0.1) is 11.8 Å². The van der Waals surface area contributed by atoms with E-state index in [9.17, 15) is 5.11 Å². The molecule has 4 aliphatic rings. The first kappa shape index (κ1) is 22.4. The summed E-state index contributed by atoms with van der Waals surface area (Å²) in [6.07, 6.45) is 7.73. The number of quaternary nitrogens is 1. The number of nitrogens with zero attached hydrogens (tertiary/aromatic N) is 2. The lowest BCUT2D eigenvalue weighted by Gasteiger charge is -2.52. The fraction of sp³-hybridized carbons (Fsp3) is 0.483. The predicted octanol–water partition coefficient (Wildman–Crippen LogP) is 5.86. The van der Waals surface area contributed by atoms with Gasteiger partial charge in [-0.1, -0.05) is 55.0 Å². The Bertz CT molecular complexity index is 1090. The molecule has 0 spiro atoms. The Hall–Kier alpha value is -2.08. The summed E-state index contributed by atoms with van der Waals surface area (Å²) in [4.78, 5) is 6.05. The van der Waals surface area contributed by atoms with E-state index in [1.807, 2.05) is 48.3 Å². The normalized spacial score (nSPS) is 28.4. The maximum Gasteiger partial charge on any atom is 0.231 e. The van der Waals surface area contributed by atoms with Crippen LogP contribution in [0.4, 0.5) is 0 Å². The van der Waals surface area contributed by atoms with Crippen molar-refractivity contribution in [3.8, 4) is 0 Å².